The third-order valence-electron chi connectivity index (χ3n) is 5.90. The Bertz CT molecular complexity index is 1050. The van der Waals surface area contributed by atoms with Crippen LogP contribution in [0.3, 0.4) is 0 Å². The first-order valence-corrected chi connectivity index (χ1v) is 10.5. The topological polar surface area (TPSA) is 88.9 Å². The van der Waals surface area contributed by atoms with Gasteiger partial charge in [-0.3, -0.25) is 4.90 Å². The van der Waals surface area contributed by atoms with E-state index in [0.29, 0.717) is 17.5 Å². The quantitative estimate of drug-likeness (QED) is 0.683. The Labute approximate surface area is 177 Å². The predicted octanol–water partition coefficient (Wildman–Crippen LogP) is 3.70. The molecule has 0 amide bonds. The molecule has 2 aromatic heterocycles. The van der Waals surface area contributed by atoms with Gasteiger partial charge in [-0.05, 0) is 43.6 Å². The molecule has 3 aromatic rings. The summed E-state index contributed by atoms with van der Waals surface area (Å²) in [4.78, 5) is 7.30. The van der Waals surface area contributed by atoms with Gasteiger partial charge in [0, 0.05) is 35.7 Å². The van der Waals surface area contributed by atoms with Gasteiger partial charge in [-0.1, -0.05) is 26.8 Å². The minimum Gasteiger partial charge on any atom is -0.504 e. The monoisotopic (exact) mass is 409 g/mol. The van der Waals surface area contributed by atoms with Crippen LogP contribution in [0.25, 0.3) is 5.65 Å². The van der Waals surface area contributed by atoms with E-state index in [1.54, 1.807) is 17.7 Å². The van der Waals surface area contributed by atoms with Gasteiger partial charge in [-0.2, -0.15) is 9.61 Å². The number of nitrogens with zero attached hydrogens (tertiary/aromatic N) is 4. The number of rotatable bonds is 4. The highest BCUT2D eigenvalue weighted by Crippen LogP contribution is 2.31. The second-order valence-corrected chi connectivity index (χ2v) is 9.21. The Morgan fingerprint density at radius 1 is 1.17 bits per heavy atom. The highest BCUT2D eigenvalue weighted by molar-refractivity contribution is 5.50. The van der Waals surface area contributed by atoms with Gasteiger partial charge in [-0.15, -0.1) is 0 Å². The number of methoxy groups -OCH3 is 1. The summed E-state index contributed by atoms with van der Waals surface area (Å²) >= 11 is 0. The molecule has 0 bridgehead atoms. The summed E-state index contributed by atoms with van der Waals surface area (Å²) in [5, 5.41) is 14.6. The Morgan fingerprint density at radius 2 is 1.90 bits per heavy atom. The van der Waals surface area contributed by atoms with Crippen LogP contribution in [0.4, 0.5) is 5.82 Å². The normalized spacial score (nSPS) is 16.3. The molecule has 3 N–H and O–H groups in total. The summed E-state index contributed by atoms with van der Waals surface area (Å²) in [6, 6.07) is 9.64. The molecule has 0 saturated carbocycles. The first kappa shape index (κ1) is 20.5. The van der Waals surface area contributed by atoms with Crippen LogP contribution in [0.5, 0.6) is 11.5 Å². The lowest BCUT2D eigenvalue weighted by atomic mass is 9.92. The smallest absolute Gasteiger partial charge is 0.160 e. The van der Waals surface area contributed by atoms with Crippen molar-refractivity contribution in [1.82, 2.24) is 19.5 Å². The molecule has 30 heavy (non-hydrogen) atoms. The van der Waals surface area contributed by atoms with Crippen molar-refractivity contribution in [3.63, 3.8) is 0 Å². The van der Waals surface area contributed by atoms with Crippen LogP contribution in [-0.4, -0.2) is 44.8 Å². The molecule has 160 valence electrons. The van der Waals surface area contributed by atoms with Crippen molar-refractivity contribution in [2.24, 2.45) is 0 Å². The molecule has 7 heteroatoms. The van der Waals surface area contributed by atoms with E-state index in [-0.39, 0.29) is 11.2 Å². The maximum Gasteiger partial charge on any atom is 0.160 e. The third-order valence-corrected chi connectivity index (χ3v) is 5.90. The van der Waals surface area contributed by atoms with Gasteiger partial charge in [0.25, 0.3) is 0 Å². The molecule has 1 aliphatic heterocycles. The van der Waals surface area contributed by atoms with Gasteiger partial charge in [-0.25, -0.2) is 4.98 Å². The third kappa shape index (κ3) is 4.07. The van der Waals surface area contributed by atoms with Gasteiger partial charge in [0.05, 0.1) is 12.8 Å². The second kappa shape index (κ2) is 7.80. The summed E-state index contributed by atoms with van der Waals surface area (Å²) in [6.45, 7) is 9.21. The number of hydrogen-bond donors (Lipinski definition) is 2. The van der Waals surface area contributed by atoms with Gasteiger partial charge < -0.3 is 15.6 Å². The van der Waals surface area contributed by atoms with Crippen molar-refractivity contribution in [1.29, 1.82) is 0 Å². The highest BCUT2D eigenvalue weighted by Gasteiger charge is 2.24. The van der Waals surface area contributed by atoms with E-state index in [4.69, 9.17) is 15.5 Å². The number of aromatic nitrogens is 3. The van der Waals surface area contributed by atoms with Crippen molar-refractivity contribution in [3.8, 4) is 11.5 Å². The predicted molar refractivity (Wildman–Crippen MR) is 118 cm³/mol. The standard InChI is InChI=1S/C23H31N5O2/c1-23(2,3)20-13-22-25-17(12-21(24)28(22)26-20)16-7-9-27(10-8-16)14-15-5-6-19(30-4)18(29)11-15/h5-6,11-13,16,29H,7-10,14,24H2,1-4H3. The molecule has 0 radical (unpaired) electrons. The molecular weight excluding hydrogens is 378 g/mol. The Kier molecular flexibility index (Phi) is 5.32. The maximum atomic E-state index is 10.0. The van der Waals surface area contributed by atoms with Crippen LogP contribution >= 0.6 is 0 Å². The van der Waals surface area contributed by atoms with Crippen LogP contribution in [0.2, 0.25) is 0 Å². The summed E-state index contributed by atoms with van der Waals surface area (Å²) < 4.78 is 6.87. The zero-order chi connectivity index (χ0) is 21.5. The zero-order valence-corrected chi connectivity index (χ0v) is 18.2. The molecule has 0 aliphatic carbocycles. The van der Waals surface area contributed by atoms with Gasteiger partial charge in [0.15, 0.2) is 17.1 Å². The average Bonchev–Trinajstić information content (AvgIpc) is 3.14. The second-order valence-electron chi connectivity index (χ2n) is 9.21. The van der Waals surface area contributed by atoms with Crippen LogP contribution in [0.1, 0.15) is 56.5 Å². The van der Waals surface area contributed by atoms with Crippen LogP contribution in [0, 0.1) is 0 Å². The summed E-state index contributed by atoms with van der Waals surface area (Å²) in [5.41, 5.74) is 10.2. The number of aromatic hydroxyl groups is 1. The van der Waals surface area contributed by atoms with Gasteiger partial charge >= 0.3 is 0 Å². The van der Waals surface area contributed by atoms with E-state index >= 15 is 0 Å². The van der Waals surface area contributed by atoms with Crippen LogP contribution in [-0.2, 0) is 12.0 Å². The molecule has 7 nitrogen and oxygen atoms in total. The Hall–Kier alpha value is -2.80. The van der Waals surface area contributed by atoms with E-state index in [1.165, 1.54) is 0 Å². The number of phenolic OH excluding ortho intramolecular Hbond substituents is 1. The number of benzene rings is 1. The first-order valence-electron chi connectivity index (χ1n) is 10.5. The van der Waals surface area contributed by atoms with Crippen molar-refractivity contribution in [3.05, 3.63) is 47.3 Å². The fraction of sp³-hybridized carbons (Fsp3) is 0.478. The Morgan fingerprint density at radius 3 is 2.53 bits per heavy atom. The van der Waals surface area contributed by atoms with Crippen LogP contribution in [0.15, 0.2) is 30.3 Å². The van der Waals surface area contributed by atoms with E-state index < -0.39 is 0 Å². The van der Waals surface area contributed by atoms with Crippen LogP contribution < -0.4 is 10.5 Å². The summed E-state index contributed by atoms with van der Waals surface area (Å²) in [7, 11) is 1.56. The van der Waals surface area contributed by atoms with Crippen molar-refractivity contribution >= 4 is 11.5 Å². The van der Waals surface area contributed by atoms with Gasteiger partial charge in [0.1, 0.15) is 5.82 Å². The number of ether oxygens (including phenoxy) is 1. The molecule has 0 spiro atoms. The lowest BCUT2D eigenvalue weighted by molar-refractivity contribution is 0.203. The molecule has 0 unspecified atom stereocenters. The molecule has 1 saturated heterocycles. The van der Waals surface area contributed by atoms with E-state index in [1.807, 2.05) is 24.3 Å². The number of nitrogen functional groups attached to an aromatic ring is 1. The minimum absolute atomic E-state index is 0.0401. The zero-order valence-electron chi connectivity index (χ0n) is 18.2. The minimum atomic E-state index is -0.0401. The SMILES string of the molecule is COc1ccc(CN2CCC(c3cc(N)n4nc(C(C)(C)C)cc4n3)CC2)cc1O. The summed E-state index contributed by atoms with van der Waals surface area (Å²) in [6.07, 6.45) is 2.07. The molecule has 0 atom stereocenters. The molecule has 1 aliphatic rings. The maximum absolute atomic E-state index is 10.0. The van der Waals surface area contributed by atoms with E-state index in [9.17, 15) is 5.11 Å². The first-order chi connectivity index (χ1) is 14.2. The number of phenols is 1. The average molecular weight is 410 g/mol. The lowest BCUT2D eigenvalue weighted by Gasteiger charge is -2.31. The van der Waals surface area contributed by atoms with Crippen molar-refractivity contribution in [2.45, 2.75) is 51.5 Å². The van der Waals surface area contributed by atoms with Gasteiger partial charge in [0.2, 0.25) is 0 Å². The molecule has 3 heterocycles. The number of likely N-dealkylation sites (tertiary alicyclic amines) is 1. The van der Waals surface area contributed by atoms with Crippen molar-refractivity contribution in [2.75, 3.05) is 25.9 Å². The molecule has 1 fully saturated rings. The number of piperidine rings is 1. The van der Waals surface area contributed by atoms with E-state index in [2.05, 4.69) is 30.8 Å². The highest BCUT2D eigenvalue weighted by atomic mass is 16.5. The fourth-order valence-electron chi connectivity index (χ4n) is 4.07. The van der Waals surface area contributed by atoms with Crippen molar-refractivity contribution < 1.29 is 9.84 Å². The summed E-state index contributed by atoms with van der Waals surface area (Å²) in [5.74, 6) is 1.73. The largest absolute Gasteiger partial charge is 0.504 e. The number of hydrogen-bond acceptors (Lipinski definition) is 6. The number of fused-ring (bicyclic) bond motifs is 1. The number of anilines is 1. The Balaban J connectivity index is 1.45. The lowest BCUT2D eigenvalue weighted by Crippen LogP contribution is -2.32. The molecular formula is C23H31N5O2. The van der Waals surface area contributed by atoms with E-state index in [0.717, 1.165) is 55.1 Å². The number of nitrogens with two attached hydrogens (primary N) is 1. The molecule has 1 aromatic carbocycles. The molecule has 4 rings (SSSR count). The fourth-order valence-corrected chi connectivity index (χ4v) is 4.07.